The third kappa shape index (κ3) is 4.43. The second kappa shape index (κ2) is 10.8. The minimum Gasteiger partial charge on any atom is -0.247 e. The molecule has 2 nitrogen and oxygen atoms in total. The van der Waals surface area contributed by atoms with Crippen LogP contribution in [0.5, 0.6) is 0 Å². The Balaban J connectivity index is 1.16. The van der Waals surface area contributed by atoms with Crippen molar-refractivity contribution in [3.63, 3.8) is 0 Å². The molecule has 0 aliphatic carbocycles. The van der Waals surface area contributed by atoms with E-state index in [4.69, 9.17) is 9.97 Å². The Bertz CT molecular complexity index is 2370. The fourth-order valence-electron chi connectivity index (χ4n) is 6.79. The molecular formula is C44H28N2. The third-order valence-corrected chi connectivity index (χ3v) is 9.01. The molecule has 7 aromatic carbocycles. The normalized spacial score (nSPS) is 11.5. The Kier molecular flexibility index (Phi) is 6.17. The molecular weight excluding hydrogens is 556 g/mol. The first-order valence-electron chi connectivity index (χ1n) is 15.7. The first-order valence-corrected chi connectivity index (χ1v) is 15.7. The summed E-state index contributed by atoms with van der Waals surface area (Å²) in [6, 6.07) is 60.2. The highest BCUT2D eigenvalue weighted by Gasteiger charge is 2.14. The number of benzene rings is 7. The number of fused-ring (bicyclic) bond motifs is 4. The van der Waals surface area contributed by atoms with Gasteiger partial charge in [-0.25, -0.2) is 9.97 Å². The fraction of sp³-hybridized carbons (Fsp3) is 0. The summed E-state index contributed by atoms with van der Waals surface area (Å²) in [7, 11) is 0. The minimum absolute atomic E-state index is 0.954. The van der Waals surface area contributed by atoms with E-state index in [2.05, 4.69) is 170 Å². The van der Waals surface area contributed by atoms with E-state index in [1.54, 1.807) is 0 Å². The van der Waals surface area contributed by atoms with E-state index in [1.165, 1.54) is 43.8 Å². The lowest BCUT2D eigenvalue weighted by Crippen LogP contribution is -1.92. The zero-order valence-electron chi connectivity index (χ0n) is 25.1. The molecule has 0 atom stereocenters. The molecule has 46 heavy (non-hydrogen) atoms. The van der Waals surface area contributed by atoms with Crippen molar-refractivity contribution < 1.29 is 0 Å². The average Bonchev–Trinajstić information content (AvgIpc) is 3.13. The average molecular weight is 585 g/mol. The lowest BCUT2D eigenvalue weighted by molar-refractivity contribution is 1.38. The summed E-state index contributed by atoms with van der Waals surface area (Å²) >= 11 is 0. The smallest absolute Gasteiger partial charge is 0.0794 e. The third-order valence-electron chi connectivity index (χ3n) is 9.01. The van der Waals surface area contributed by atoms with Crippen molar-refractivity contribution in [1.82, 2.24) is 9.97 Å². The molecule has 0 saturated carbocycles. The highest BCUT2D eigenvalue weighted by Crippen LogP contribution is 2.38. The van der Waals surface area contributed by atoms with E-state index in [0.717, 1.165) is 44.3 Å². The summed E-state index contributed by atoms with van der Waals surface area (Å²) in [5.74, 6) is 0. The van der Waals surface area contributed by atoms with Crippen LogP contribution >= 0.6 is 0 Å². The fourth-order valence-corrected chi connectivity index (χ4v) is 6.79. The molecule has 0 radical (unpaired) electrons. The topological polar surface area (TPSA) is 25.8 Å². The molecule has 2 heteroatoms. The SMILES string of the molecule is c1ccc(-c2c3ccccc3cc3ccc(-c4ccc(-c5ccc6cc7ccccc7c(-c7ccccc7)c6n5)cc4)nc23)cc1. The summed E-state index contributed by atoms with van der Waals surface area (Å²) < 4.78 is 0. The lowest BCUT2D eigenvalue weighted by atomic mass is 9.94. The van der Waals surface area contributed by atoms with Gasteiger partial charge in [0.25, 0.3) is 0 Å². The first-order chi connectivity index (χ1) is 22.8. The van der Waals surface area contributed by atoms with Gasteiger partial charge in [0.1, 0.15) is 0 Å². The monoisotopic (exact) mass is 584 g/mol. The van der Waals surface area contributed by atoms with Crippen molar-refractivity contribution in [1.29, 1.82) is 0 Å². The van der Waals surface area contributed by atoms with Gasteiger partial charge in [0.2, 0.25) is 0 Å². The van der Waals surface area contributed by atoms with Crippen molar-refractivity contribution in [2.75, 3.05) is 0 Å². The van der Waals surface area contributed by atoms with Gasteiger partial charge >= 0.3 is 0 Å². The maximum atomic E-state index is 5.27. The largest absolute Gasteiger partial charge is 0.247 e. The predicted molar refractivity (Wildman–Crippen MR) is 194 cm³/mol. The zero-order valence-corrected chi connectivity index (χ0v) is 25.1. The second-order valence-electron chi connectivity index (χ2n) is 11.8. The molecule has 0 spiro atoms. The van der Waals surface area contributed by atoms with E-state index in [9.17, 15) is 0 Å². The number of hydrogen-bond acceptors (Lipinski definition) is 2. The summed E-state index contributed by atoms with van der Waals surface area (Å²) in [6.45, 7) is 0. The van der Waals surface area contributed by atoms with Gasteiger partial charge in [-0.2, -0.15) is 0 Å². The van der Waals surface area contributed by atoms with Crippen molar-refractivity contribution in [3.8, 4) is 44.8 Å². The van der Waals surface area contributed by atoms with Crippen molar-refractivity contribution in [2.24, 2.45) is 0 Å². The van der Waals surface area contributed by atoms with E-state index in [1.807, 2.05) is 0 Å². The Hall–Kier alpha value is -6.12. The minimum atomic E-state index is 0.954. The van der Waals surface area contributed by atoms with E-state index in [-0.39, 0.29) is 0 Å². The van der Waals surface area contributed by atoms with Gasteiger partial charge in [0.15, 0.2) is 0 Å². The van der Waals surface area contributed by atoms with Crippen LogP contribution in [0.2, 0.25) is 0 Å². The molecule has 0 unspecified atom stereocenters. The molecule has 0 bridgehead atoms. The van der Waals surface area contributed by atoms with Gasteiger partial charge in [0, 0.05) is 33.0 Å². The molecule has 0 fully saturated rings. The van der Waals surface area contributed by atoms with Gasteiger partial charge in [-0.05, 0) is 56.9 Å². The molecule has 9 rings (SSSR count). The molecule has 214 valence electrons. The van der Waals surface area contributed by atoms with E-state index < -0.39 is 0 Å². The van der Waals surface area contributed by atoms with Gasteiger partial charge < -0.3 is 0 Å². The maximum Gasteiger partial charge on any atom is 0.0794 e. The number of aromatic nitrogens is 2. The molecule has 0 N–H and O–H groups in total. The molecule has 0 aliphatic rings. The van der Waals surface area contributed by atoms with Crippen LogP contribution in [-0.4, -0.2) is 9.97 Å². The van der Waals surface area contributed by atoms with Crippen LogP contribution in [0.1, 0.15) is 0 Å². The molecule has 0 amide bonds. The van der Waals surface area contributed by atoms with Crippen LogP contribution in [0.25, 0.3) is 88.1 Å². The Labute approximate surface area is 267 Å². The Morgan fingerprint density at radius 1 is 0.283 bits per heavy atom. The second-order valence-corrected chi connectivity index (χ2v) is 11.8. The van der Waals surface area contributed by atoms with E-state index >= 15 is 0 Å². The van der Waals surface area contributed by atoms with Crippen molar-refractivity contribution in [2.45, 2.75) is 0 Å². The predicted octanol–water partition coefficient (Wildman–Crippen LogP) is 11.8. The quantitative estimate of drug-likeness (QED) is 0.192. The summed E-state index contributed by atoms with van der Waals surface area (Å²) in [5, 5.41) is 7.15. The molecule has 9 aromatic rings. The van der Waals surface area contributed by atoms with Gasteiger partial charge in [-0.3, -0.25) is 0 Å². The Morgan fingerprint density at radius 2 is 0.674 bits per heavy atom. The Morgan fingerprint density at radius 3 is 1.11 bits per heavy atom. The number of pyridine rings is 2. The van der Waals surface area contributed by atoms with Crippen LogP contribution in [0.3, 0.4) is 0 Å². The summed E-state index contributed by atoms with van der Waals surface area (Å²) in [6.07, 6.45) is 0. The van der Waals surface area contributed by atoms with Crippen LogP contribution in [0, 0.1) is 0 Å². The van der Waals surface area contributed by atoms with Crippen LogP contribution in [-0.2, 0) is 0 Å². The summed E-state index contributed by atoms with van der Waals surface area (Å²) in [4.78, 5) is 10.5. The van der Waals surface area contributed by atoms with Crippen molar-refractivity contribution >= 4 is 43.4 Å². The molecule has 2 aromatic heterocycles. The zero-order chi connectivity index (χ0) is 30.5. The number of hydrogen-bond donors (Lipinski definition) is 0. The van der Waals surface area contributed by atoms with Gasteiger partial charge in [-0.15, -0.1) is 0 Å². The first kappa shape index (κ1) is 26.3. The van der Waals surface area contributed by atoms with Gasteiger partial charge in [0.05, 0.1) is 22.4 Å². The van der Waals surface area contributed by atoms with E-state index in [0.29, 0.717) is 0 Å². The van der Waals surface area contributed by atoms with Crippen molar-refractivity contribution in [3.05, 3.63) is 170 Å². The van der Waals surface area contributed by atoms with Crippen LogP contribution < -0.4 is 0 Å². The van der Waals surface area contributed by atoms with Gasteiger partial charge in [-0.1, -0.05) is 146 Å². The van der Waals surface area contributed by atoms with Crippen LogP contribution in [0.15, 0.2) is 170 Å². The highest BCUT2D eigenvalue weighted by molar-refractivity contribution is 6.12. The molecule has 2 heterocycles. The lowest BCUT2D eigenvalue weighted by Gasteiger charge is -2.13. The molecule has 0 saturated heterocycles. The standard InChI is InChI=1S/C44H28N2/c1-3-11-31(12-4-1)41-37-17-9-7-15-33(37)27-35-23-25-39(45-43(35)41)29-19-21-30(22-20-29)40-26-24-36-28-34-16-8-10-18-38(34)42(44(36)46-40)32-13-5-2-6-14-32/h1-28H. The molecule has 0 aliphatic heterocycles. The summed E-state index contributed by atoms with van der Waals surface area (Å²) in [5.41, 5.74) is 10.8. The van der Waals surface area contributed by atoms with Crippen LogP contribution in [0.4, 0.5) is 0 Å². The number of nitrogens with zero attached hydrogens (tertiary/aromatic N) is 2. The maximum absolute atomic E-state index is 5.27. The highest BCUT2D eigenvalue weighted by atomic mass is 14.7. The number of rotatable bonds is 4.